The van der Waals surface area contributed by atoms with Gasteiger partial charge in [-0.3, -0.25) is 9.59 Å². The van der Waals surface area contributed by atoms with Crippen LogP contribution in [0, 0.1) is 29.6 Å². The molecule has 0 spiro atoms. The van der Waals surface area contributed by atoms with Crippen molar-refractivity contribution < 1.29 is 34.1 Å². The zero-order valence-electron chi connectivity index (χ0n) is 38.4. The number of carbonyl (C=O) groups is 3. The van der Waals surface area contributed by atoms with Crippen molar-refractivity contribution >= 4 is 29.6 Å². The van der Waals surface area contributed by atoms with Crippen molar-refractivity contribution in [2.75, 3.05) is 18.9 Å². The number of amides is 1. The first-order chi connectivity index (χ1) is 31.8. The normalized spacial score (nSPS) is 22.0. The summed E-state index contributed by atoms with van der Waals surface area (Å²) in [7, 11) is 0. The lowest BCUT2D eigenvalue weighted by atomic mass is 9.73. The van der Waals surface area contributed by atoms with E-state index in [-0.39, 0.29) is 53.2 Å². The molecule has 9 heteroatoms. The summed E-state index contributed by atoms with van der Waals surface area (Å²) in [5, 5.41) is 23.5. The van der Waals surface area contributed by atoms with Crippen LogP contribution < -0.4 is 10.1 Å². The van der Waals surface area contributed by atoms with Crippen LogP contribution in [0.1, 0.15) is 131 Å². The Morgan fingerprint density at radius 3 is 2.05 bits per heavy atom. The summed E-state index contributed by atoms with van der Waals surface area (Å²) in [6, 6.07) is 38.4. The molecule has 0 saturated heterocycles. The molecule has 0 aromatic heterocycles. The lowest BCUT2D eigenvalue weighted by Crippen LogP contribution is -2.42. The number of rotatable bonds is 24. The number of carboxylic acids is 1. The molecule has 3 aliphatic rings. The average molecular weight is 902 g/mol. The van der Waals surface area contributed by atoms with Gasteiger partial charge in [-0.1, -0.05) is 155 Å². The number of thioether (sulfide) groups is 1. The van der Waals surface area contributed by atoms with E-state index in [1.54, 1.807) is 0 Å². The average Bonchev–Trinajstić information content (AvgIpc) is 3.67. The Morgan fingerprint density at radius 2 is 1.40 bits per heavy atom. The maximum atomic E-state index is 14.2. The third-order valence-electron chi connectivity index (χ3n) is 14.5. The van der Waals surface area contributed by atoms with Crippen LogP contribution in [0.4, 0.5) is 0 Å². The van der Waals surface area contributed by atoms with E-state index in [9.17, 15) is 24.6 Å². The summed E-state index contributed by atoms with van der Waals surface area (Å²) in [5.74, 6) is 0.0993. The number of hydrogen-bond acceptors (Lipinski definition) is 7. The van der Waals surface area contributed by atoms with Crippen LogP contribution in [0.5, 0.6) is 5.75 Å². The number of nitrogens with one attached hydrogen (secondary N) is 1. The smallest absolute Gasteiger partial charge is 0.341 e. The van der Waals surface area contributed by atoms with Gasteiger partial charge in [0.2, 0.25) is 5.91 Å². The van der Waals surface area contributed by atoms with Crippen LogP contribution in [0.2, 0.25) is 0 Å². The quantitative estimate of drug-likeness (QED) is 0.0361. The molecular formula is C56H71NO7S. The summed E-state index contributed by atoms with van der Waals surface area (Å²) in [4.78, 5) is 39.4. The first-order valence-corrected chi connectivity index (χ1v) is 25.7. The first-order valence-electron chi connectivity index (χ1n) is 24.7. The second-order valence-electron chi connectivity index (χ2n) is 18.8. The maximum absolute atomic E-state index is 14.2. The van der Waals surface area contributed by atoms with Crippen LogP contribution >= 0.6 is 11.8 Å². The van der Waals surface area contributed by atoms with Crippen LogP contribution in [-0.2, 0) is 36.7 Å². The van der Waals surface area contributed by atoms with Crippen molar-refractivity contribution in [1.82, 2.24) is 5.32 Å². The molecule has 7 rings (SSSR count). The minimum atomic E-state index is -1.01. The number of hydrogen-bond donors (Lipinski definition) is 3. The summed E-state index contributed by atoms with van der Waals surface area (Å²) in [6.45, 7) is 2.38. The Balaban J connectivity index is 0.922. The van der Waals surface area contributed by atoms with Gasteiger partial charge in [0.25, 0.3) is 0 Å². The lowest BCUT2D eigenvalue weighted by molar-refractivity contribution is -0.162. The van der Waals surface area contributed by atoms with E-state index < -0.39 is 17.8 Å². The van der Waals surface area contributed by atoms with Crippen molar-refractivity contribution in [3.05, 3.63) is 137 Å². The Labute approximate surface area is 391 Å². The van der Waals surface area contributed by atoms with E-state index in [0.717, 1.165) is 100 Å². The number of carboxylic acid groups (broad SMARTS) is 1. The SMILES string of the molecule is CCCCC[C@H](O)CC[C@@H]1[C@H]2Cc3cccc(OCC(=O)O)c3C[C@H]2C[C@H]1OC(=O)[C@@H]1CCCC[C@@H]1C(=O)NCCCCCCSC(c1ccccc1)(c1ccccc1)c1ccccc1. The Bertz CT molecular complexity index is 2000. The number of unbranched alkanes of at least 4 members (excludes halogenated alkanes) is 5. The molecule has 348 valence electrons. The number of aliphatic hydroxyl groups is 1. The zero-order valence-corrected chi connectivity index (χ0v) is 39.2. The van der Waals surface area contributed by atoms with E-state index in [1.165, 1.54) is 16.7 Å². The standard InChI is InChI=1S/C56H71NO7S/c1-2-3-9-28-45(58)32-33-46-49-36-40-21-20-31-51(63-39-53(59)60)50(40)37-41(49)38-52(46)64-55(62)48-30-17-16-29-47(48)54(61)57-34-18-4-5-19-35-65-56(42-22-10-6-11-23-42,43-24-12-7-13-25-43)44-26-14-8-15-27-44/h6-8,10-15,20-27,31,41,45-49,52,58H,2-5,9,16-19,28-30,32-39H2,1H3,(H,57,61)(H,59,60)/t41-,45-,46+,47-,48+,49-,52+/m0/s1. The van der Waals surface area contributed by atoms with Gasteiger partial charge in [0.05, 0.1) is 22.7 Å². The fourth-order valence-electron chi connectivity index (χ4n) is 11.2. The summed E-state index contributed by atoms with van der Waals surface area (Å²) < 4.78 is 12.0. The molecule has 1 amide bonds. The van der Waals surface area contributed by atoms with Gasteiger partial charge < -0.3 is 25.0 Å². The predicted molar refractivity (Wildman–Crippen MR) is 260 cm³/mol. The van der Waals surface area contributed by atoms with Crippen molar-refractivity contribution in [3.8, 4) is 5.75 Å². The topological polar surface area (TPSA) is 122 Å². The minimum Gasteiger partial charge on any atom is -0.482 e. The zero-order chi connectivity index (χ0) is 45.4. The molecule has 2 saturated carbocycles. The lowest BCUT2D eigenvalue weighted by Gasteiger charge is -2.35. The van der Waals surface area contributed by atoms with Gasteiger partial charge in [-0.05, 0) is 122 Å². The molecule has 3 N–H and O–H groups in total. The highest BCUT2D eigenvalue weighted by atomic mass is 32.2. The Hall–Kier alpha value is -4.60. The third kappa shape index (κ3) is 12.4. The number of benzene rings is 4. The molecule has 0 bridgehead atoms. The van der Waals surface area contributed by atoms with Gasteiger partial charge >= 0.3 is 11.9 Å². The van der Waals surface area contributed by atoms with Crippen LogP contribution in [0.3, 0.4) is 0 Å². The molecule has 0 radical (unpaired) electrons. The fourth-order valence-corrected chi connectivity index (χ4v) is 12.8. The molecular weight excluding hydrogens is 831 g/mol. The summed E-state index contributed by atoms with van der Waals surface area (Å²) in [6.07, 6.45) is 14.2. The van der Waals surface area contributed by atoms with Crippen molar-refractivity contribution in [1.29, 1.82) is 0 Å². The number of aliphatic hydroxyl groups excluding tert-OH is 1. The second kappa shape index (κ2) is 24.3. The number of aliphatic carboxylic acids is 1. The predicted octanol–water partition coefficient (Wildman–Crippen LogP) is 11.3. The molecule has 7 atom stereocenters. The Morgan fingerprint density at radius 1 is 0.754 bits per heavy atom. The second-order valence-corrected chi connectivity index (χ2v) is 20.1. The number of fused-ring (bicyclic) bond motifs is 2. The van der Waals surface area contributed by atoms with Crippen LogP contribution in [0.15, 0.2) is 109 Å². The monoisotopic (exact) mass is 901 g/mol. The third-order valence-corrected chi connectivity index (χ3v) is 16.2. The first kappa shape index (κ1) is 48.3. The molecule has 0 aliphatic heterocycles. The Kier molecular flexibility index (Phi) is 18.0. The van der Waals surface area contributed by atoms with Gasteiger partial charge in [0.1, 0.15) is 11.9 Å². The van der Waals surface area contributed by atoms with E-state index >= 15 is 0 Å². The van der Waals surface area contributed by atoms with Crippen molar-refractivity contribution in [2.24, 2.45) is 29.6 Å². The largest absolute Gasteiger partial charge is 0.482 e. The number of carbonyl (C=O) groups excluding carboxylic acids is 2. The molecule has 0 heterocycles. The molecule has 65 heavy (non-hydrogen) atoms. The van der Waals surface area contributed by atoms with Gasteiger partial charge in [0, 0.05) is 6.54 Å². The van der Waals surface area contributed by atoms with Gasteiger partial charge in [-0.25, -0.2) is 4.79 Å². The van der Waals surface area contributed by atoms with Crippen LogP contribution in [0.25, 0.3) is 0 Å². The van der Waals surface area contributed by atoms with Gasteiger partial charge in [-0.15, -0.1) is 11.8 Å². The summed E-state index contributed by atoms with van der Waals surface area (Å²) >= 11 is 2.00. The van der Waals surface area contributed by atoms with E-state index in [0.29, 0.717) is 38.0 Å². The molecule has 2 fully saturated rings. The molecule has 3 aliphatic carbocycles. The highest BCUT2D eigenvalue weighted by Crippen LogP contribution is 2.51. The fraction of sp³-hybridized carbons (Fsp3) is 0.518. The van der Waals surface area contributed by atoms with E-state index in [2.05, 4.69) is 109 Å². The highest BCUT2D eigenvalue weighted by Gasteiger charge is 2.48. The number of esters is 1. The van der Waals surface area contributed by atoms with Crippen LogP contribution in [-0.4, -0.2) is 59.2 Å². The van der Waals surface area contributed by atoms with Gasteiger partial charge in [0.15, 0.2) is 6.61 Å². The van der Waals surface area contributed by atoms with Gasteiger partial charge in [-0.2, -0.15) is 0 Å². The van der Waals surface area contributed by atoms with E-state index in [4.69, 9.17) is 9.47 Å². The van der Waals surface area contributed by atoms with Crippen molar-refractivity contribution in [2.45, 2.75) is 133 Å². The maximum Gasteiger partial charge on any atom is 0.341 e. The highest BCUT2D eigenvalue weighted by molar-refractivity contribution is 8.00. The van der Waals surface area contributed by atoms with E-state index in [1.807, 2.05) is 23.9 Å². The number of ether oxygens (including phenoxy) is 2. The van der Waals surface area contributed by atoms with Crippen molar-refractivity contribution in [3.63, 3.8) is 0 Å². The molecule has 4 aromatic rings. The molecule has 8 nitrogen and oxygen atoms in total. The summed E-state index contributed by atoms with van der Waals surface area (Å²) in [5.41, 5.74) is 6.04. The molecule has 4 aromatic carbocycles. The molecule has 0 unspecified atom stereocenters. The minimum absolute atomic E-state index is 0.0308.